The van der Waals surface area contributed by atoms with E-state index >= 15 is 0 Å². The highest BCUT2D eigenvalue weighted by molar-refractivity contribution is 5.97. The highest BCUT2D eigenvalue weighted by Crippen LogP contribution is 2.54. The fourth-order valence-corrected chi connectivity index (χ4v) is 9.15. The van der Waals surface area contributed by atoms with Gasteiger partial charge in [-0.25, -0.2) is 0 Å². The van der Waals surface area contributed by atoms with E-state index in [1.807, 2.05) is 88.5 Å². The van der Waals surface area contributed by atoms with Gasteiger partial charge in [0.1, 0.15) is 17.9 Å². The topological polar surface area (TPSA) is 139 Å². The molecule has 1 aliphatic heterocycles. The van der Waals surface area contributed by atoms with Gasteiger partial charge in [0, 0.05) is 81.0 Å². The second-order valence-corrected chi connectivity index (χ2v) is 19.3. The number of ether oxygens (including phenoxy) is 1. The van der Waals surface area contributed by atoms with Crippen LogP contribution in [-0.2, 0) is 21.0 Å². The summed E-state index contributed by atoms with van der Waals surface area (Å²) in [5.41, 5.74) is 3.95. The highest BCUT2D eigenvalue weighted by Gasteiger charge is 2.51. The maximum atomic E-state index is 14.4. The molecule has 1 saturated heterocycles. The first kappa shape index (κ1) is 48.9. The molecular formula is C47H77N7O6. The molecule has 1 saturated carbocycles. The lowest BCUT2D eigenvalue weighted by molar-refractivity contribution is -0.175. The predicted molar refractivity (Wildman–Crippen MR) is 241 cm³/mol. The van der Waals surface area contributed by atoms with Crippen LogP contribution in [0.5, 0.6) is 5.75 Å². The molecule has 336 valence electrons. The molecule has 1 aliphatic carbocycles. The number of benzene rings is 2. The molecule has 8 atom stereocenters. The Morgan fingerprint density at radius 1 is 1.00 bits per heavy atom. The number of carbonyl (C=O) groups is 3. The van der Waals surface area contributed by atoms with Crippen LogP contribution in [0.15, 0.2) is 36.4 Å². The third-order valence-corrected chi connectivity index (χ3v) is 12.9. The van der Waals surface area contributed by atoms with Crippen molar-refractivity contribution < 1.29 is 29.1 Å². The zero-order valence-electron chi connectivity index (χ0n) is 39.1. The number of hydroxylamine groups is 2. The summed E-state index contributed by atoms with van der Waals surface area (Å²) >= 11 is 0. The number of likely N-dealkylation sites (N-methyl/N-ethyl adjacent to an activating group) is 1. The summed E-state index contributed by atoms with van der Waals surface area (Å²) < 4.78 is 6.16. The summed E-state index contributed by atoms with van der Waals surface area (Å²) in [6.07, 6.45) is 0.727. The molecule has 2 aromatic carbocycles. The molecule has 4 N–H and O–H groups in total. The smallest absolute Gasteiger partial charge is 0.251 e. The zero-order valence-corrected chi connectivity index (χ0v) is 39.1. The number of carbonyl (C=O) groups excluding carboxylic acids is 3. The van der Waals surface area contributed by atoms with Gasteiger partial charge in [0.2, 0.25) is 11.8 Å². The van der Waals surface area contributed by atoms with E-state index in [0.29, 0.717) is 48.6 Å². The highest BCUT2D eigenvalue weighted by atomic mass is 16.7. The number of rotatable bonds is 21. The van der Waals surface area contributed by atoms with E-state index in [4.69, 9.17) is 9.57 Å². The second kappa shape index (κ2) is 21.4. The van der Waals surface area contributed by atoms with Crippen LogP contribution in [0.1, 0.15) is 83.7 Å². The Bertz CT molecular complexity index is 1740. The molecule has 13 nitrogen and oxygen atoms in total. The monoisotopic (exact) mass is 836 g/mol. The standard InChI is InChI=1S/C47H77N7O6/c1-29(2)20-36(28-52(10)11)50-45(57)35-22-34(23-37(24-35)53(12)13)38-17-15-16-33(44(38)59-14)27-54-43(46(58)49-25-30(3)39-21-31(4)47(39,6)7)42(32(5)55)40(60-54)26-48-41(56)18-19-51(8)9/h15-17,22-24,29-32,36,39-40,42-43,55H,18-21,25-28H2,1-14H3,(H,48,56)(H,49,58)(H,50,57)/t30-,31+,32+,36?,39+,40+,42-,43+/m1/s1. The van der Waals surface area contributed by atoms with Gasteiger partial charge in [0.05, 0.1) is 19.8 Å². The second-order valence-electron chi connectivity index (χ2n) is 19.3. The lowest BCUT2D eigenvalue weighted by Crippen LogP contribution is -2.52. The van der Waals surface area contributed by atoms with Crippen molar-refractivity contribution in [3.8, 4) is 16.9 Å². The summed E-state index contributed by atoms with van der Waals surface area (Å²) in [5.74, 6) is 1.26. The largest absolute Gasteiger partial charge is 0.496 e. The van der Waals surface area contributed by atoms with Crippen molar-refractivity contribution in [2.24, 2.45) is 35.0 Å². The fraction of sp³-hybridized carbons (Fsp3) is 0.681. The van der Waals surface area contributed by atoms with Crippen LogP contribution >= 0.6 is 0 Å². The van der Waals surface area contributed by atoms with Crippen LogP contribution in [0.25, 0.3) is 11.1 Å². The van der Waals surface area contributed by atoms with Gasteiger partial charge in [0.15, 0.2) is 0 Å². The quantitative estimate of drug-likeness (QED) is 0.134. The van der Waals surface area contributed by atoms with Crippen molar-refractivity contribution >= 4 is 23.4 Å². The SMILES string of the molecule is COc1c(CN2O[C@@H](CNC(=O)CCN(C)C)[C@@H]([C@H](C)O)[C@H]2C(=O)NC[C@@H](C)[C@@H]2C[C@H](C)C2(C)C)cccc1-c1cc(C(=O)NC(CC(C)C)CN(C)C)cc(N(C)C)c1. The van der Waals surface area contributed by atoms with Crippen LogP contribution < -0.4 is 25.6 Å². The molecular weight excluding hydrogens is 759 g/mol. The molecule has 0 bridgehead atoms. The molecule has 4 rings (SSSR count). The molecule has 3 amide bonds. The van der Waals surface area contributed by atoms with E-state index in [1.54, 1.807) is 19.1 Å². The normalized spacial score (nSPS) is 22.9. The Labute approximate surface area is 360 Å². The fourth-order valence-electron chi connectivity index (χ4n) is 9.15. The van der Waals surface area contributed by atoms with Crippen molar-refractivity contribution in [3.05, 3.63) is 47.5 Å². The van der Waals surface area contributed by atoms with Gasteiger partial charge >= 0.3 is 0 Å². The number of nitrogens with zero attached hydrogens (tertiary/aromatic N) is 4. The Balaban J connectivity index is 1.69. The van der Waals surface area contributed by atoms with E-state index in [1.165, 1.54) is 0 Å². The van der Waals surface area contributed by atoms with Crippen LogP contribution in [0.4, 0.5) is 5.69 Å². The summed E-state index contributed by atoms with van der Waals surface area (Å²) in [6.45, 7) is 17.2. The maximum absolute atomic E-state index is 14.4. The molecule has 2 fully saturated rings. The molecule has 1 unspecified atom stereocenters. The van der Waals surface area contributed by atoms with Crippen molar-refractivity contribution in [2.75, 3.05) is 80.5 Å². The minimum atomic E-state index is -0.914. The minimum absolute atomic E-state index is 0.0138. The lowest BCUT2D eigenvalue weighted by atomic mass is 9.52. The average Bonchev–Trinajstić information content (AvgIpc) is 3.54. The molecule has 0 aromatic heterocycles. The van der Waals surface area contributed by atoms with Gasteiger partial charge in [-0.05, 0) is 101 Å². The number of hydrogen-bond donors (Lipinski definition) is 4. The Morgan fingerprint density at radius 3 is 2.27 bits per heavy atom. The number of amides is 3. The van der Waals surface area contributed by atoms with E-state index in [-0.39, 0.29) is 48.2 Å². The van der Waals surface area contributed by atoms with Gasteiger partial charge in [-0.1, -0.05) is 59.7 Å². The maximum Gasteiger partial charge on any atom is 0.251 e. The third-order valence-electron chi connectivity index (χ3n) is 12.9. The van der Waals surface area contributed by atoms with Crippen LogP contribution in [-0.4, -0.2) is 138 Å². The van der Waals surface area contributed by atoms with E-state index in [9.17, 15) is 19.5 Å². The summed E-state index contributed by atoms with van der Waals surface area (Å²) in [5, 5.41) is 22.4. The Morgan fingerprint density at radius 2 is 1.70 bits per heavy atom. The van der Waals surface area contributed by atoms with Crippen LogP contribution in [0, 0.1) is 35.0 Å². The number of nitrogens with one attached hydrogen (secondary N) is 3. The van der Waals surface area contributed by atoms with Gasteiger partial charge in [-0.15, -0.1) is 0 Å². The first-order valence-electron chi connectivity index (χ1n) is 21.9. The molecule has 0 spiro atoms. The molecule has 1 heterocycles. The predicted octanol–water partition coefficient (Wildman–Crippen LogP) is 5.12. The number of aliphatic hydroxyl groups is 1. The first-order chi connectivity index (χ1) is 28.1. The molecule has 13 heteroatoms. The van der Waals surface area contributed by atoms with Gasteiger partial charge in [-0.3, -0.25) is 19.2 Å². The van der Waals surface area contributed by atoms with Gasteiger partial charge in [-0.2, -0.15) is 5.06 Å². The van der Waals surface area contributed by atoms with Crippen LogP contribution in [0.2, 0.25) is 0 Å². The third kappa shape index (κ3) is 12.4. The van der Waals surface area contributed by atoms with Crippen LogP contribution in [0.3, 0.4) is 0 Å². The number of aliphatic hydroxyl groups excluding tert-OH is 1. The van der Waals surface area contributed by atoms with Crippen molar-refractivity contribution in [3.63, 3.8) is 0 Å². The Kier molecular flexibility index (Phi) is 17.4. The lowest BCUT2D eigenvalue weighted by Gasteiger charge is -2.53. The summed E-state index contributed by atoms with van der Waals surface area (Å²) in [6, 6.07) is 10.8. The van der Waals surface area contributed by atoms with Crippen molar-refractivity contribution in [2.45, 2.75) is 98.6 Å². The number of anilines is 1. The van der Waals surface area contributed by atoms with E-state index < -0.39 is 24.2 Å². The number of methoxy groups -OCH3 is 1. The molecule has 2 aromatic rings. The zero-order chi connectivity index (χ0) is 44.6. The first-order valence-corrected chi connectivity index (χ1v) is 21.9. The van der Waals surface area contributed by atoms with Crippen molar-refractivity contribution in [1.29, 1.82) is 0 Å². The molecule has 2 aliphatic rings. The minimum Gasteiger partial charge on any atom is -0.496 e. The summed E-state index contributed by atoms with van der Waals surface area (Å²) in [4.78, 5) is 53.8. The average molecular weight is 836 g/mol. The van der Waals surface area contributed by atoms with E-state index in [2.05, 4.69) is 62.4 Å². The Hall–Kier alpha value is -3.75. The molecule has 60 heavy (non-hydrogen) atoms. The number of para-hydroxylation sites is 1. The van der Waals surface area contributed by atoms with Crippen molar-refractivity contribution in [1.82, 2.24) is 30.8 Å². The van der Waals surface area contributed by atoms with Gasteiger partial charge in [0.25, 0.3) is 5.91 Å². The summed E-state index contributed by atoms with van der Waals surface area (Å²) in [7, 11) is 13.4. The van der Waals surface area contributed by atoms with E-state index in [0.717, 1.165) is 41.8 Å². The number of hydrogen-bond acceptors (Lipinski definition) is 10. The molecule has 0 radical (unpaired) electrons. The van der Waals surface area contributed by atoms with Gasteiger partial charge < -0.3 is 40.5 Å².